The summed E-state index contributed by atoms with van der Waals surface area (Å²) in [5.41, 5.74) is 4.19. The molecule has 0 unspecified atom stereocenters. The molecule has 4 aromatic rings. The van der Waals surface area contributed by atoms with E-state index in [2.05, 4.69) is 73.3 Å². The molecule has 0 bridgehead atoms. The molecule has 1 fully saturated rings. The van der Waals surface area contributed by atoms with E-state index in [4.69, 9.17) is 0 Å². The topological polar surface area (TPSA) is 114 Å². The maximum Gasteiger partial charge on any atom is 0.291 e. The van der Waals surface area contributed by atoms with Crippen molar-refractivity contribution >= 4 is 5.91 Å². The monoisotopic (exact) mass is 484 g/mol. The zero-order valence-corrected chi connectivity index (χ0v) is 20.7. The molecule has 9 heteroatoms. The van der Waals surface area contributed by atoms with Crippen molar-refractivity contribution in [2.24, 2.45) is 0 Å². The third-order valence-corrected chi connectivity index (χ3v) is 6.77. The zero-order valence-electron chi connectivity index (χ0n) is 20.7. The molecule has 0 aliphatic heterocycles. The first-order valence-electron chi connectivity index (χ1n) is 12.9. The second-order valence-corrected chi connectivity index (χ2v) is 9.41. The van der Waals surface area contributed by atoms with Crippen molar-refractivity contribution in [3.63, 3.8) is 0 Å². The Morgan fingerprint density at radius 3 is 2.56 bits per heavy atom. The Balaban J connectivity index is 1.34. The highest BCUT2D eigenvalue weighted by Gasteiger charge is 2.21. The second kappa shape index (κ2) is 11.2. The Labute approximate surface area is 210 Å². The number of benzene rings is 2. The summed E-state index contributed by atoms with van der Waals surface area (Å²) in [6, 6.07) is 16.7. The van der Waals surface area contributed by atoms with Crippen molar-refractivity contribution in [2.75, 3.05) is 0 Å². The number of rotatable bonds is 9. The Morgan fingerprint density at radius 1 is 1.06 bits per heavy atom. The Kier molecular flexibility index (Phi) is 7.44. The van der Waals surface area contributed by atoms with E-state index in [0.717, 1.165) is 60.3 Å². The summed E-state index contributed by atoms with van der Waals surface area (Å²) in [6.45, 7) is 2.91. The summed E-state index contributed by atoms with van der Waals surface area (Å²) in [4.78, 5) is 17.5. The SMILES string of the molecule is CCCCn1nc(C(=O)NC2CCCCC2)nc1Cc1ccc(-c2ccccc2-c2nnn[nH]2)cc1. The van der Waals surface area contributed by atoms with Gasteiger partial charge in [-0.05, 0) is 46.4 Å². The van der Waals surface area contributed by atoms with Crippen LogP contribution >= 0.6 is 0 Å². The van der Waals surface area contributed by atoms with Crippen LogP contribution in [0.15, 0.2) is 48.5 Å². The fourth-order valence-corrected chi connectivity index (χ4v) is 4.78. The number of aromatic nitrogens is 7. The molecule has 0 spiro atoms. The minimum atomic E-state index is -0.160. The van der Waals surface area contributed by atoms with Crippen molar-refractivity contribution in [3.05, 3.63) is 65.7 Å². The molecule has 1 aliphatic rings. The maximum absolute atomic E-state index is 12.9. The van der Waals surface area contributed by atoms with Gasteiger partial charge in [0.2, 0.25) is 5.82 Å². The summed E-state index contributed by atoms with van der Waals surface area (Å²) < 4.78 is 1.90. The largest absolute Gasteiger partial charge is 0.347 e. The summed E-state index contributed by atoms with van der Waals surface area (Å²) >= 11 is 0. The number of H-pyrrole nitrogens is 1. The summed E-state index contributed by atoms with van der Waals surface area (Å²) in [5, 5.41) is 22.1. The number of aryl methyl sites for hydroxylation is 1. The van der Waals surface area contributed by atoms with E-state index in [1.165, 1.54) is 19.3 Å². The molecule has 2 aromatic heterocycles. The van der Waals surface area contributed by atoms with E-state index < -0.39 is 0 Å². The van der Waals surface area contributed by atoms with Gasteiger partial charge in [-0.3, -0.25) is 4.79 Å². The maximum atomic E-state index is 12.9. The molecular formula is C27H32N8O. The highest BCUT2D eigenvalue weighted by molar-refractivity contribution is 5.90. The van der Waals surface area contributed by atoms with Crippen LogP contribution in [0.1, 0.15) is 73.9 Å². The average Bonchev–Trinajstić information content (AvgIpc) is 3.59. The van der Waals surface area contributed by atoms with Crippen molar-refractivity contribution in [1.82, 2.24) is 40.7 Å². The highest BCUT2D eigenvalue weighted by Crippen LogP contribution is 2.30. The molecule has 0 atom stereocenters. The van der Waals surface area contributed by atoms with E-state index >= 15 is 0 Å². The van der Waals surface area contributed by atoms with Crippen LogP contribution in [0, 0.1) is 0 Å². The molecule has 1 saturated carbocycles. The van der Waals surface area contributed by atoms with E-state index in [0.29, 0.717) is 12.2 Å². The Morgan fingerprint density at radius 2 is 1.83 bits per heavy atom. The molecular weight excluding hydrogens is 452 g/mol. The molecule has 5 rings (SSSR count). The second-order valence-electron chi connectivity index (χ2n) is 9.41. The first kappa shape index (κ1) is 23.8. The lowest BCUT2D eigenvalue weighted by Crippen LogP contribution is -2.36. The van der Waals surface area contributed by atoms with E-state index in [-0.39, 0.29) is 17.8 Å². The summed E-state index contributed by atoms with van der Waals surface area (Å²) in [6.07, 6.45) is 8.33. The number of unbranched alkanes of at least 4 members (excludes halogenated alkanes) is 1. The van der Waals surface area contributed by atoms with Gasteiger partial charge in [0.25, 0.3) is 5.91 Å². The molecule has 2 N–H and O–H groups in total. The molecule has 0 radical (unpaired) electrons. The van der Waals surface area contributed by atoms with Crippen LogP contribution in [-0.2, 0) is 13.0 Å². The molecule has 2 heterocycles. The number of carbonyl (C=O) groups excluding carboxylic acids is 1. The fourth-order valence-electron chi connectivity index (χ4n) is 4.78. The Hall–Kier alpha value is -3.88. The number of amides is 1. The van der Waals surface area contributed by atoms with Crippen LogP contribution in [0.25, 0.3) is 22.5 Å². The molecule has 1 amide bonds. The lowest BCUT2D eigenvalue weighted by molar-refractivity contribution is 0.0916. The zero-order chi connectivity index (χ0) is 24.7. The van der Waals surface area contributed by atoms with Gasteiger partial charge in [-0.25, -0.2) is 14.8 Å². The van der Waals surface area contributed by atoms with Crippen LogP contribution < -0.4 is 5.32 Å². The van der Waals surface area contributed by atoms with Crippen molar-refractivity contribution in [2.45, 2.75) is 70.9 Å². The van der Waals surface area contributed by atoms with Gasteiger partial charge in [0.05, 0.1) is 0 Å². The normalized spacial score (nSPS) is 14.1. The number of nitrogens with zero attached hydrogens (tertiary/aromatic N) is 6. The van der Waals surface area contributed by atoms with Gasteiger partial charge in [0.1, 0.15) is 5.82 Å². The van der Waals surface area contributed by atoms with Gasteiger partial charge in [0, 0.05) is 24.6 Å². The summed E-state index contributed by atoms with van der Waals surface area (Å²) in [7, 11) is 0. The fraction of sp³-hybridized carbons (Fsp3) is 0.407. The van der Waals surface area contributed by atoms with E-state index in [9.17, 15) is 4.79 Å². The highest BCUT2D eigenvalue weighted by atomic mass is 16.2. The lowest BCUT2D eigenvalue weighted by Gasteiger charge is -2.21. The van der Waals surface area contributed by atoms with E-state index in [1.807, 2.05) is 22.9 Å². The average molecular weight is 485 g/mol. The van der Waals surface area contributed by atoms with Gasteiger partial charge >= 0.3 is 0 Å². The molecule has 0 saturated heterocycles. The number of nitrogens with one attached hydrogen (secondary N) is 2. The number of carbonyl (C=O) groups is 1. The molecule has 36 heavy (non-hydrogen) atoms. The number of tetrazole rings is 1. The number of hydrogen-bond donors (Lipinski definition) is 2. The van der Waals surface area contributed by atoms with Gasteiger partial charge in [-0.1, -0.05) is 81.1 Å². The van der Waals surface area contributed by atoms with E-state index in [1.54, 1.807) is 0 Å². The van der Waals surface area contributed by atoms with Gasteiger partial charge in [-0.15, -0.1) is 10.2 Å². The lowest BCUT2D eigenvalue weighted by atomic mass is 9.95. The molecule has 9 nitrogen and oxygen atoms in total. The third-order valence-electron chi connectivity index (χ3n) is 6.77. The van der Waals surface area contributed by atoms with Crippen LogP contribution in [0.2, 0.25) is 0 Å². The number of aromatic amines is 1. The predicted molar refractivity (Wildman–Crippen MR) is 137 cm³/mol. The van der Waals surface area contributed by atoms with Crippen molar-refractivity contribution in [1.29, 1.82) is 0 Å². The minimum Gasteiger partial charge on any atom is -0.347 e. The first-order valence-corrected chi connectivity index (χ1v) is 12.9. The molecule has 1 aliphatic carbocycles. The van der Waals surface area contributed by atoms with Crippen LogP contribution in [0.4, 0.5) is 0 Å². The molecule has 2 aromatic carbocycles. The van der Waals surface area contributed by atoms with Crippen LogP contribution in [0.5, 0.6) is 0 Å². The molecule has 186 valence electrons. The third kappa shape index (κ3) is 5.50. The van der Waals surface area contributed by atoms with Crippen LogP contribution in [0.3, 0.4) is 0 Å². The predicted octanol–water partition coefficient (Wildman–Crippen LogP) is 4.58. The number of hydrogen-bond acceptors (Lipinski definition) is 6. The smallest absolute Gasteiger partial charge is 0.291 e. The van der Waals surface area contributed by atoms with Crippen LogP contribution in [-0.4, -0.2) is 47.3 Å². The van der Waals surface area contributed by atoms with Crippen molar-refractivity contribution < 1.29 is 4.79 Å². The Bertz CT molecular complexity index is 1270. The standard InChI is InChI=1S/C27H32N8O/c1-2-3-17-35-24(29-26(32-35)27(36)28-21-9-5-4-6-10-21)18-19-13-15-20(16-14-19)22-11-7-8-12-23(22)25-30-33-34-31-25/h7-8,11-16,21H,2-6,9-10,17-18H2,1H3,(H,28,36)(H,30,31,33,34). The van der Waals surface area contributed by atoms with Gasteiger partial charge in [0.15, 0.2) is 5.82 Å². The van der Waals surface area contributed by atoms with Gasteiger partial charge in [-0.2, -0.15) is 0 Å². The van der Waals surface area contributed by atoms with Crippen molar-refractivity contribution in [3.8, 4) is 22.5 Å². The first-order chi connectivity index (χ1) is 17.7. The quantitative estimate of drug-likeness (QED) is 0.359. The summed E-state index contributed by atoms with van der Waals surface area (Å²) in [5.74, 6) is 1.57. The minimum absolute atomic E-state index is 0.160. The van der Waals surface area contributed by atoms with Gasteiger partial charge < -0.3 is 5.32 Å².